The van der Waals surface area contributed by atoms with Crippen LogP contribution in [0.15, 0.2) is 35.7 Å². The Morgan fingerprint density at radius 1 is 1.21 bits per heavy atom. The van der Waals surface area contributed by atoms with Gasteiger partial charge < -0.3 is 5.11 Å². The van der Waals surface area contributed by atoms with Crippen LogP contribution < -0.4 is 0 Å². The van der Waals surface area contributed by atoms with Crippen LogP contribution in [0.4, 0.5) is 0 Å². The van der Waals surface area contributed by atoms with E-state index in [0.29, 0.717) is 6.42 Å². The fourth-order valence-corrected chi connectivity index (χ4v) is 2.06. The Morgan fingerprint density at radius 3 is 2.71 bits per heavy atom. The molecule has 72 valence electrons. The van der Waals surface area contributed by atoms with Crippen molar-refractivity contribution in [3.05, 3.63) is 40.7 Å². The van der Waals surface area contributed by atoms with Gasteiger partial charge >= 0.3 is 0 Å². The van der Waals surface area contributed by atoms with Crippen molar-refractivity contribution >= 4 is 11.3 Å². The summed E-state index contributed by atoms with van der Waals surface area (Å²) in [5.41, 5.74) is 2.13. The number of rotatable bonds is 3. The van der Waals surface area contributed by atoms with Crippen LogP contribution in [0, 0.1) is 0 Å². The molecule has 0 aliphatic rings. The largest absolute Gasteiger partial charge is 0.396 e. The first kappa shape index (κ1) is 9.37. The predicted molar refractivity (Wildman–Crippen MR) is 58.3 cm³/mol. The van der Waals surface area contributed by atoms with E-state index in [4.69, 9.17) is 5.11 Å². The van der Waals surface area contributed by atoms with Crippen molar-refractivity contribution in [2.75, 3.05) is 6.61 Å². The van der Waals surface area contributed by atoms with Gasteiger partial charge in [0.1, 0.15) is 0 Å². The topological polar surface area (TPSA) is 33.1 Å². The Kier molecular flexibility index (Phi) is 2.91. The molecule has 1 N–H and O–H groups in total. The van der Waals surface area contributed by atoms with Gasteiger partial charge in [-0.2, -0.15) is 0 Å². The van der Waals surface area contributed by atoms with E-state index in [1.807, 2.05) is 35.7 Å². The third kappa shape index (κ3) is 2.00. The number of aromatic nitrogens is 1. The van der Waals surface area contributed by atoms with Crippen molar-refractivity contribution < 1.29 is 5.11 Å². The standard InChI is InChI=1S/C11H11NOS/c13-7-6-11-12-10(8-14-11)9-4-2-1-3-5-9/h1-5,8,13H,6-7H2. The molecule has 2 rings (SSSR count). The molecule has 1 aromatic carbocycles. The fraction of sp³-hybridized carbons (Fsp3) is 0.182. The summed E-state index contributed by atoms with van der Waals surface area (Å²) in [6, 6.07) is 10.1. The number of hydrogen-bond donors (Lipinski definition) is 1. The highest BCUT2D eigenvalue weighted by Crippen LogP contribution is 2.21. The van der Waals surface area contributed by atoms with Gasteiger partial charge in [-0.1, -0.05) is 30.3 Å². The molecule has 2 aromatic rings. The van der Waals surface area contributed by atoms with Gasteiger partial charge in [0.05, 0.1) is 10.7 Å². The maximum absolute atomic E-state index is 8.77. The fourth-order valence-electron chi connectivity index (χ4n) is 1.26. The van der Waals surface area contributed by atoms with E-state index in [2.05, 4.69) is 4.98 Å². The van der Waals surface area contributed by atoms with E-state index in [1.165, 1.54) is 0 Å². The van der Waals surface area contributed by atoms with Crippen molar-refractivity contribution in [3.63, 3.8) is 0 Å². The molecule has 0 fully saturated rings. The molecule has 0 spiro atoms. The quantitative estimate of drug-likeness (QED) is 0.834. The Labute approximate surface area is 86.9 Å². The van der Waals surface area contributed by atoms with E-state index in [-0.39, 0.29) is 6.61 Å². The van der Waals surface area contributed by atoms with E-state index < -0.39 is 0 Å². The lowest BCUT2D eigenvalue weighted by atomic mass is 10.2. The first-order valence-corrected chi connectivity index (χ1v) is 5.39. The van der Waals surface area contributed by atoms with Crippen molar-refractivity contribution in [3.8, 4) is 11.3 Å². The first-order valence-electron chi connectivity index (χ1n) is 4.51. The first-order chi connectivity index (χ1) is 6.90. The summed E-state index contributed by atoms with van der Waals surface area (Å²) in [6.45, 7) is 0.168. The lowest BCUT2D eigenvalue weighted by Gasteiger charge is -1.93. The molecule has 0 atom stereocenters. The minimum atomic E-state index is 0.168. The molecule has 14 heavy (non-hydrogen) atoms. The number of aliphatic hydroxyl groups excluding tert-OH is 1. The lowest BCUT2D eigenvalue weighted by molar-refractivity contribution is 0.299. The van der Waals surface area contributed by atoms with Crippen LogP contribution in [0.2, 0.25) is 0 Å². The Morgan fingerprint density at radius 2 is 2.00 bits per heavy atom. The van der Waals surface area contributed by atoms with Crippen molar-refractivity contribution in [2.24, 2.45) is 0 Å². The van der Waals surface area contributed by atoms with E-state index in [9.17, 15) is 0 Å². The zero-order chi connectivity index (χ0) is 9.80. The summed E-state index contributed by atoms with van der Waals surface area (Å²) in [7, 11) is 0. The van der Waals surface area contributed by atoms with Crippen molar-refractivity contribution in [1.82, 2.24) is 4.98 Å². The maximum atomic E-state index is 8.77. The van der Waals surface area contributed by atoms with Crippen LogP contribution >= 0.6 is 11.3 Å². The maximum Gasteiger partial charge on any atom is 0.0955 e. The summed E-state index contributed by atoms with van der Waals surface area (Å²) in [6.07, 6.45) is 0.650. The number of aliphatic hydroxyl groups is 1. The molecule has 0 aliphatic heterocycles. The summed E-state index contributed by atoms with van der Waals surface area (Å²) in [4.78, 5) is 4.43. The lowest BCUT2D eigenvalue weighted by Crippen LogP contribution is -1.88. The van der Waals surface area contributed by atoms with Crippen LogP contribution in [0.25, 0.3) is 11.3 Å². The highest BCUT2D eigenvalue weighted by atomic mass is 32.1. The second-order valence-electron chi connectivity index (χ2n) is 2.97. The van der Waals surface area contributed by atoms with E-state index in [1.54, 1.807) is 11.3 Å². The van der Waals surface area contributed by atoms with Gasteiger partial charge in [0, 0.05) is 24.0 Å². The van der Waals surface area contributed by atoms with Crippen molar-refractivity contribution in [2.45, 2.75) is 6.42 Å². The monoisotopic (exact) mass is 205 g/mol. The van der Waals surface area contributed by atoms with Gasteiger partial charge in [-0.25, -0.2) is 4.98 Å². The summed E-state index contributed by atoms with van der Waals surface area (Å²) in [5.74, 6) is 0. The minimum absolute atomic E-state index is 0.168. The summed E-state index contributed by atoms with van der Waals surface area (Å²) < 4.78 is 0. The third-order valence-electron chi connectivity index (χ3n) is 1.95. The second-order valence-corrected chi connectivity index (χ2v) is 3.91. The van der Waals surface area contributed by atoms with Crippen molar-refractivity contribution in [1.29, 1.82) is 0 Å². The molecule has 0 unspecified atom stereocenters. The molecule has 1 heterocycles. The zero-order valence-corrected chi connectivity index (χ0v) is 8.50. The number of thiazole rings is 1. The number of hydrogen-bond acceptors (Lipinski definition) is 3. The number of nitrogens with zero attached hydrogens (tertiary/aromatic N) is 1. The van der Waals surface area contributed by atoms with Crippen LogP contribution in [-0.2, 0) is 6.42 Å². The Hall–Kier alpha value is -1.19. The van der Waals surface area contributed by atoms with Gasteiger partial charge in [-0.05, 0) is 0 Å². The molecule has 0 saturated carbocycles. The molecule has 3 heteroatoms. The normalized spacial score (nSPS) is 10.4. The molecule has 2 nitrogen and oxygen atoms in total. The molecule has 0 saturated heterocycles. The van der Waals surface area contributed by atoms with Crippen LogP contribution in [0.3, 0.4) is 0 Å². The Balaban J connectivity index is 2.25. The molecule has 0 aliphatic carbocycles. The third-order valence-corrected chi connectivity index (χ3v) is 2.86. The smallest absolute Gasteiger partial charge is 0.0955 e. The summed E-state index contributed by atoms with van der Waals surface area (Å²) in [5, 5.41) is 11.8. The Bertz CT molecular complexity index is 397. The molecule has 0 bridgehead atoms. The average molecular weight is 205 g/mol. The highest BCUT2D eigenvalue weighted by molar-refractivity contribution is 7.09. The van der Waals surface area contributed by atoms with Gasteiger partial charge in [-0.15, -0.1) is 11.3 Å². The van der Waals surface area contributed by atoms with Gasteiger partial charge in [0.25, 0.3) is 0 Å². The second kappa shape index (κ2) is 4.35. The van der Waals surface area contributed by atoms with E-state index >= 15 is 0 Å². The predicted octanol–water partition coefficient (Wildman–Crippen LogP) is 2.34. The molecule has 1 aromatic heterocycles. The SMILES string of the molecule is OCCc1nc(-c2ccccc2)cs1. The molecule has 0 radical (unpaired) electrons. The van der Waals surface area contributed by atoms with Gasteiger partial charge in [0.2, 0.25) is 0 Å². The van der Waals surface area contributed by atoms with Crippen LogP contribution in [-0.4, -0.2) is 16.7 Å². The summed E-state index contributed by atoms with van der Waals surface area (Å²) >= 11 is 1.60. The van der Waals surface area contributed by atoms with Crippen LogP contribution in [0.1, 0.15) is 5.01 Å². The molecular weight excluding hydrogens is 194 g/mol. The molecule has 0 amide bonds. The zero-order valence-electron chi connectivity index (χ0n) is 7.68. The van der Waals surface area contributed by atoms with Gasteiger partial charge in [-0.3, -0.25) is 0 Å². The van der Waals surface area contributed by atoms with E-state index in [0.717, 1.165) is 16.3 Å². The van der Waals surface area contributed by atoms with Crippen LogP contribution in [0.5, 0.6) is 0 Å². The highest BCUT2D eigenvalue weighted by Gasteiger charge is 2.02. The van der Waals surface area contributed by atoms with Gasteiger partial charge in [0.15, 0.2) is 0 Å². The molecular formula is C11H11NOS. The average Bonchev–Trinajstić information content (AvgIpc) is 2.68. The minimum Gasteiger partial charge on any atom is -0.396 e. The number of benzene rings is 1.